The van der Waals surface area contributed by atoms with Gasteiger partial charge in [-0.25, -0.2) is 14.0 Å². The summed E-state index contributed by atoms with van der Waals surface area (Å²) in [7, 11) is 0. The number of nitrogens with two attached hydrogens (primary N) is 1. The molecule has 0 aromatic heterocycles. The lowest BCUT2D eigenvalue weighted by Crippen LogP contribution is -2.43. The highest BCUT2D eigenvalue weighted by molar-refractivity contribution is 6.31. The van der Waals surface area contributed by atoms with Gasteiger partial charge in [0.25, 0.3) is 0 Å². The van der Waals surface area contributed by atoms with E-state index in [1.807, 2.05) is 0 Å². The normalized spacial score (nSPS) is 11.5. The molecule has 5 N–H and O–H groups in total. The van der Waals surface area contributed by atoms with Crippen LogP contribution in [0.15, 0.2) is 18.2 Å². The summed E-state index contributed by atoms with van der Waals surface area (Å²) >= 11 is 5.55. The number of urea groups is 1. The fraction of sp³-hybridized carbons (Fsp3) is 0.250. The average molecular weight is 318 g/mol. The number of anilines is 1. The molecule has 3 amide bonds. The van der Waals surface area contributed by atoms with Gasteiger partial charge in [0, 0.05) is 6.42 Å². The van der Waals surface area contributed by atoms with Crippen molar-refractivity contribution in [2.24, 2.45) is 5.73 Å². The molecule has 0 aliphatic heterocycles. The highest BCUT2D eigenvalue weighted by Gasteiger charge is 2.21. The van der Waals surface area contributed by atoms with Crippen LogP contribution in [0.5, 0.6) is 0 Å². The molecule has 0 bridgehead atoms. The van der Waals surface area contributed by atoms with Gasteiger partial charge in [0.2, 0.25) is 5.91 Å². The minimum Gasteiger partial charge on any atom is -0.480 e. The van der Waals surface area contributed by atoms with Crippen molar-refractivity contribution in [1.82, 2.24) is 5.32 Å². The summed E-state index contributed by atoms with van der Waals surface area (Å²) in [6, 6.07) is 1.73. The second kappa shape index (κ2) is 7.44. The molecule has 0 fully saturated rings. The van der Waals surface area contributed by atoms with Gasteiger partial charge in [-0.1, -0.05) is 17.7 Å². The van der Waals surface area contributed by atoms with Crippen molar-refractivity contribution in [2.45, 2.75) is 18.9 Å². The van der Waals surface area contributed by atoms with Gasteiger partial charge in [0.05, 0.1) is 10.7 Å². The summed E-state index contributed by atoms with van der Waals surface area (Å²) in [5, 5.41) is 13.0. The number of carboxylic acids is 1. The highest BCUT2D eigenvalue weighted by atomic mass is 35.5. The minimum atomic E-state index is -1.34. The van der Waals surface area contributed by atoms with E-state index in [9.17, 15) is 18.8 Å². The molecule has 1 rings (SSSR count). The fourth-order valence-electron chi connectivity index (χ4n) is 1.46. The van der Waals surface area contributed by atoms with Gasteiger partial charge in [-0.05, 0) is 18.6 Å². The summed E-state index contributed by atoms with van der Waals surface area (Å²) < 4.78 is 13.6. The van der Waals surface area contributed by atoms with E-state index in [1.165, 1.54) is 18.2 Å². The molecule has 0 heterocycles. The number of hydrogen-bond acceptors (Lipinski definition) is 3. The maximum absolute atomic E-state index is 13.6. The van der Waals surface area contributed by atoms with Gasteiger partial charge in [0.15, 0.2) is 5.82 Å². The van der Waals surface area contributed by atoms with Crippen molar-refractivity contribution in [1.29, 1.82) is 0 Å². The van der Waals surface area contributed by atoms with Gasteiger partial charge < -0.3 is 21.5 Å². The fourth-order valence-corrected chi connectivity index (χ4v) is 1.64. The lowest BCUT2D eigenvalue weighted by molar-refractivity contribution is -0.139. The summed E-state index contributed by atoms with van der Waals surface area (Å²) in [5.74, 6) is -2.86. The molecule has 21 heavy (non-hydrogen) atoms. The first-order chi connectivity index (χ1) is 9.81. The van der Waals surface area contributed by atoms with Crippen LogP contribution < -0.4 is 16.4 Å². The second-order valence-corrected chi connectivity index (χ2v) is 4.50. The smallest absolute Gasteiger partial charge is 0.326 e. The Labute approximate surface area is 124 Å². The number of hydrogen-bond donors (Lipinski definition) is 4. The second-order valence-electron chi connectivity index (χ2n) is 4.10. The van der Waals surface area contributed by atoms with E-state index in [0.717, 1.165) is 0 Å². The molecular weight excluding hydrogens is 305 g/mol. The van der Waals surface area contributed by atoms with Crippen LogP contribution in [-0.4, -0.2) is 29.1 Å². The monoisotopic (exact) mass is 317 g/mol. The number of primary amides is 1. The van der Waals surface area contributed by atoms with Crippen LogP contribution in [0.3, 0.4) is 0 Å². The zero-order valence-electron chi connectivity index (χ0n) is 10.7. The van der Waals surface area contributed by atoms with E-state index in [1.54, 1.807) is 0 Å². The van der Waals surface area contributed by atoms with Crippen LogP contribution in [-0.2, 0) is 9.59 Å². The van der Waals surface area contributed by atoms with Crippen LogP contribution in [0.1, 0.15) is 12.8 Å². The van der Waals surface area contributed by atoms with Crippen LogP contribution >= 0.6 is 11.6 Å². The van der Waals surface area contributed by atoms with Gasteiger partial charge in [-0.15, -0.1) is 0 Å². The van der Waals surface area contributed by atoms with E-state index in [4.69, 9.17) is 22.4 Å². The third-order valence-corrected chi connectivity index (χ3v) is 2.77. The predicted octanol–water partition coefficient (Wildman–Crippen LogP) is 1.32. The van der Waals surface area contributed by atoms with Gasteiger partial charge in [-0.2, -0.15) is 0 Å². The third-order valence-electron chi connectivity index (χ3n) is 2.48. The number of carbonyl (C=O) groups excluding carboxylic acids is 2. The molecule has 0 unspecified atom stereocenters. The molecule has 0 saturated carbocycles. The molecule has 9 heteroatoms. The molecule has 0 spiro atoms. The summed E-state index contributed by atoms with van der Waals surface area (Å²) in [4.78, 5) is 33.2. The largest absolute Gasteiger partial charge is 0.480 e. The van der Waals surface area contributed by atoms with Crippen molar-refractivity contribution in [3.8, 4) is 0 Å². The molecule has 114 valence electrons. The first-order valence-electron chi connectivity index (χ1n) is 5.84. The number of carboxylic acid groups (broad SMARTS) is 1. The topological polar surface area (TPSA) is 122 Å². The van der Waals surface area contributed by atoms with Crippen LogP contribution in [0.2, 0.25) is 5.02 Å². The first kappa shape index (κ1) is 16.7. The quantitative estimate of drug-likeness (QED) is 0.632. The van der Waals surface area contributed by atoms with Crippen molar-refractivity contribution in [2.75, 3.05) is 5.32 Å². The Balaban J connectivity index is 2.67. The number of nitrogens with one attached hydrogen (secondary N) is 2. The maximum Gasteiger partial charge on any atom is 0.326 e. The zero-order chi connectivity index (χ0) is 16.0. The summed E-state index contributed by atoms with van der Waals surface area (Å²) in [5.41, 5.74) is 4.71. The van der Waals surface area contributed by atoms with E-state index < -0.39 is 29.8 Å². The number of rotatable bonds is 6. The number of halogens is 2. The number of amides is 3. The van der Waals surface area contributed by atoms with Gasteiger partial charge >= 0.3 is 12.0 Å². The summed E-state index contributed by atoms with van der Waals surface area (Å²) in [6.45, 7) is 0. The van der Waals surface area contributed by atoms with Crippen molar-refractivity contribution in [3.05, 3.63) is 29.0 Å². The van der Waals surface area contributed by atoms with E-state index in [-0.39, 0.29) is 23.6 Å². The summed E-state index contributed by atoms with van der Waals surface area (Å²) in [6.07, 6.45) is -0.376. The number of benzene rings is 1. The molecule has 0 saturated heterocycles. The Bertz CT molecular complexity index is 567. The lowest BCUT2D eigenvalue weighted by Gasteiger charge is -2.14. The molecule has 0 aliphatic carbocycles. The Morgan fingerprint density at radius 3 is 2.62 bits per heavy atom. The van der Waals surface area contributed by atoms with Gasteiger partial charge in [-0.3, -0.25) is 4.79 Å². The van der Waals surface area contributed by atoms with E-state index in [2.05, 4.69) is 10.6 Å². The molecular formula is C12H13ClFN3O4. The molecule has 1 aromatic rings. The number of carbonyl (C=O) groups is 3. The van der Waals surface area contributed by atoms with Crippen molar-refractivity contribution in [3.63, 3.8) is 0 Å². The third kappa shape index (κ3) is 5.27. The van der Waals surface area contributed by atoms with E-state index >= 15 is 0 Å². The molecule has 0 aliphatic rings. The maximum atomic E-state index is 13.6. The van der Waals surface area contributed by atoms with E-state index in [0.29, 0.717) is 0 Å². The standard InChI is InChI=1S/C12H13ClFN3O4/c13-6-2-1-3-7(10(6)14)16-12(21)17-8(11(19)20)4-5-9(15)18/h1-3,8H,4-5H2,(H2,15,18)(H,19,20)(H2,16,17,21)/t8-/m0/s1. The van der Waals surface area contributed by atoms with Crippen LogP contribution in [0.4, 0.5) is 14.9 Å². The SMILES string of the molecule is NC(=O)CC[C@H](NC(=O)Nc1cccc(Cl)c1F)C(=O)O. The average Bonchev–Trinajstić information content (AvgIpc) is 2.39. The Morgan fingerprint density at radius 1 is 1.38 bits per heavy atom. The molecule has 1 aromatic carbocycles. The predicted molar refractivity (Wildman–Crippen MR) is 73.4 cm³/mol. The molecule has 1 atom stereocenters. The molecule has 0 radical (unpaired) electrons. The van der Waals surface area contributed by atoms with Crippen molar-refractivity contribution >= 4 is 35.2 Å². The first-order valence-corrected chi connectivity index (χ1v) is 6.21. The Hall–Kier alpha value is -2.35. The minimum absolute atomic E-state index is 0.171. The Kier molecular flexibility index (Phi) is 5.92. The number of aliphatic carboxylic acids is 1. The molecule has 7 nitrogen and oxygen atoms in total. The highest BCUT2D eigenvalue weighted by Crippen LogP contribution is 2.21. The van der Waals surface area contributed by atoms with Crippen LogP contribution in [0, 0.1) is 5.82 Å². The van der Waals surface area contributed by atoms with Gasteiger partial charge in [0.1, 0.15) is 6.04 Å². The Morgan fingerprint density at radius 2 is 2.05 bits per heavy atom. The zero-order valence-corrected chi connectivity index (χ0v) is 11.5. The van der Waals surface area contributed by atoms with Crippen LogP contribution in [0.25, 0.3) is 0 Å². The lowest BCUT2D eigenvalue weighted by atomic mass is 10.1. The van der Waals surface area contributed by atoms with Crippen molar-refractivity contribution < 1.29 is 23.9 Å².